The van der Waals surface area contributed by atoms with Gasteiger partial charge in [0.05, 0.1) is 28.4 Å². The molecule has 2 rings (SSSR count). The van der Waals surface area contributed by atoms with Gasteiger partial charge in [0.1, 0.15) is 11.5 Å². The summed E-state index contributed by atoms with van der Waals surface area (Å²) in [5.41, 5.74) is 1.98. The highest BCUT2D eigenvalue weighted by atomic mass is 16.5. The molecule has 0 atom stereocenters. The zero-order valence-corrected chi connectivity index (χ0v) is 19.6. The molecule has 0 heterocycles. The second-order valence-electron chi connectivity index (χ2n) is 7.33. The number of methoxy groups -OCH3 is 4. The fourth-order valence-corrected chi connectivity index (χ4v) is 3.22. The lowest BCUT2D eigenvalue weighted by atomic mass is 10.1. The zero-order chi connectivity index (χ0) is 23.3. The van der Waals surface area contributed by atoms with Gasteiger partial charge in [-0.25, -0.2) is 0 Å². The number of nitrogens with zero attached hydrogens (tertiary/aromatic N) is 1. The van der Waals surface area contributed by atoms with Crippen LogP contribution in [0, 0.1) is 0 Å². The van der Waals surface area contributed by atoms with Crippen LogP contribution in [-0.2, 0) is 11.2 Å². The molecule has 7 heteroatoms. The first-order chi connectivity index (χ1) is 15.5. The Kier molecular flexibility index (Phi) is 10.4. The van der Waals surface area contributed by atoms with Crippen LogP contribution in [-0.4, -0.2) is 65.9 Å². The van der Waals surface area contributed by atoms with Crippen molar-refractivity contribution in [3.05, 3.63) is 53.6 Å². The molecule has 0 aliphatic heterocycles. The van der Waals surface area contributed by atoms with Gasteiger partial charge >= 0.3 is 0 Å². The van der Waals surface area contributed by atoms with Crippen molar-refractivity contribution in [3.63, 3.8) is 0 Å². The summed E-state index contributed by atoms with van der Waals surface area (Å²) in [5.74, 6) is 2.74. The highest BCUT2D eigenvalue weighted by Gasteiger charge is 2.06. The van der Waals surface area contributed by atoms with Crippen molar-refractivity contribution in [2.45, 2.75) is 12.8 Å². The van der Waals surface area contributed by atoms with Crippen LogP contribution in [0.15, 0.2) is 42.5 Å². The normalized spacial score (nSPS) is 10.9. The van der Waals surface area contributed by atoms with Crippen LogP contribution < -0.4 is 24.3 Å². The Morgan fingerprint density at radius 3 is 2.31 bits per heavy atom. The highest BCUT2D eigenvalue weighted by Crippen LogP contribution is 2.28. The van der Waals surface area contributed by atoms with Gasteiger partial charge < -0.3 is 29.2 Å². The third-order valence-corrected chi connectivity index (χ3v) is 5.10. The van der Waals surface area contributed by atoms with Crippen LogP contribution in [0.4, 0.5) is 0 Å². The minimum atomic E-state index is -0.136. The molecule has 0 unspecified atom stereocenters. The Bertz CT molecular complexity index is 898. The first kappa shape index (κ1) is 25.1. The molecule has 0 aliphatic carbocycles. The van der Waals surface area contributed by atoms with Gasteiger partial charge in [-0.15, -0.1) is 0 Å². The molecule has 0 aromatic heterocycles. The minimum absolute atomic E-state index is 0.136. The SMILES string of the molecule is COc1ccc(OC)c(/C=C/C(=O)NCCCN(C)CCc2ccc(OC)c(OC)c2)c1. The molecule has 2 aromatic carbocycles. The Balaban J connectivity index is 1.72. The van der Waals surface area contributed by atoms with E-state index in [0.717, 1.165) is 43.0 Å². The largest absolute Gasteiger partial charge is 0.497 e. The molecule has 0 radical (unpaired) electrons. The van der Waals surface area contributed by atoms with Crippen LogP contribution in [0.5, 0.6) is 23.0 Å². The van der Waals surface area contributed by atoms with E-state index < -0.39 is 0 Å². The summed E-state index contributed by atoms with van der Waals surface area (Å²) in [6.07, 6.45) is 5.02. The number of ether oxygens (including phenoxy) is 4. The lowest BCUT2D eigenvalue weighted by molar-refractivity contribution is -0.116. The molecular formula is C25H34N2O5. The Labute approximate surface area is 190 Å². The number of carbonyl (C=O) groups excluding carboxylic acids is 1. The maximum Gasteiger partial charge on any atom is 0.244 e. The molecule has 0 aliphatic rings. The summed E-state index contributed by atoms with van der Waals surface area (Å²) in [7, 11) is 8.56. The predicted octanol–water partition coefficient (Wildman–Crippen LogP) is 3.42. The number of benzene rings is 2. The number of amides is 1. The van der Waals surface area contributed by atoms with Crippen LogP contribution in [0.3, 0.4) is 0 Å². The summed E-state index contributed by atoms with van der Waals surface area (Å²) in [6.45, 7) is 2.42. The summed E-state index contributed by atoms with van der Waals surface area (Å²) in [6, 6.07) is 11.5. The number of hydrogen-bond acceptors (Lipinski definition) is 6. The average molecular weight is 443 g/mol. The van der Waals surface area contributed by atoms with E-state index in [9.17, 15) is 4.79 Å². The topological polar surface area (TPSA) is 69.3 Å². The van der Waals surface area contributed by atoms with Crippen LogP contribution in [0.1, 0.15) is 17.5 Å². The smallest absolute Gasteiger partial charge is 0.244 e. The van der Waals surface area contributed by atoms with Crippen molar-refractivity contribution in [1.29, 1.82) is 0 Å². The molecular weight excluding hydrogens is 408 g/mol. The molecule has 0 saturated carbocycles. The number of likely N-dealkylation sites (N-methyl/N-ethyl adjacent to an activating group) is 1. The third-order valence-electron chi connectivity index (χ3n) is 5.10. The first-order valence-corrected chi connectivity index (χ1v) is 10.6. The zero-order valence-electron chi connectivity index (χ0n) is 19.6. The average Bonchev–Trinajstić information content (AvgIpc) is 2.83. The van der Waals surface area contributed by atoms with Crippen molar-refractivity contribution in [2.24, 2.45) is 0 Å². The summed E-state index contributed by atoms with van der Waals surface area (Å²) in [4.78, 5) is 14.4. The van der Waals surface area contributed by atoms with Crippen molar-refractivity contribution in [1.82, 2.24) is 10.2 Å². The number of carbonyl (C=O) groups is 1. The number of nitrogens with one attached hydrogen (secondary N) is 1. The van der Waals surface area contributed by atoms with Gasteiger partial charge in [-0.2, -0.15) is 0 Å². The number of hydrogen-bond donors (Lipinski definition) is 1. The van der Waals surface area contributed by atoms with Crippen molar-refractivity contribution in [3.8, 4) is 23.0 Å². The molecule has 174 valence electrons. The fraction of sp³-hybridized carbons (Fsp3) is 0.400. The summed E-state index contributed by atoms with van der Waals surface area (Å²) >= 11 is 0. The van der Waals surface area contributed by atoms with Gasteiger partial charge in [0.15, 0.2) is 11.5 Å². The van der Waals surface area contributed by atoms with Crippen LogP contribution in [0.2, 0.25) is 0 Å². The van der Waals surface area contributed by atoms with E-state index in [2.05, 4.69) is 23.3 Å². The van der Waals surface area contributed by atoms with Crippen LogP contribution >= 0.6 is 0 Å². The van der Waals surface area contributed by atoms with Crippen LogP contribution in [0.25, 0.3) is 6.08 Å². The maximum absolute atomic E-state index is 12.1. The molecule has 32 heavy (non-hydrogen) atoms. The van der Waals surface area contributed by atoms with Gasteiger partial charge in [-0.05, 0) is 68.4 Å². The number of rotatable bonds is 13. The van der Waals surface area contributed by atoms with Gasteiger partial charge in [-0.1, -0.05) is 6.07 Å². The molecule has 0 saturated heterocycles. The lowest BCUT2D eigenvalue weighted by Crippen LogP contribution is -2.28. The van der Waals surface area contributed by atoms with Crippen molar-refractivity contribution in [2.75, 3.05) is 55.1 Å². The first-order valence-electron chi connectivity index (χ1n) is 10.6. The van der Waals surface area contributed by atoms with E-state index in [1.54, 1.807) is 34.5 Å². The molecule has 0 spiro atoms. The Morgan fingerprint density at radius 1 is 0.906 bits per heavy atom. The second-order valence-corrected chi connectivity index (χ2v) is 7.33. The summed E-state index contributed by atoms with van der Waals surface area (Å²) in [5, 5.41) is 2.92. The minimum Gasteiger partial charge on any atom is -0.497 e. The van der Waals surface area contributed by atoms with Gasteiger partial charge in [-0.3, -0.25) is 4.79 Å². The summed E-state index contributed by atoms with van der Waals surface area (Å²) < 4.78 is 21.2. The second kappa shape index (κ2) is 13.3. The monoisotopic (exact) mass is 442 g/mol. The molecule has 2 aromatic rings. The quantitative estimate of drug-likeness (QED) is 0.379. The molecule has 0 fully saturated rings. The lowest BCUT2D eigenvalue weighted by Gasteiger charge is -2.17. The molecule has 1 amide bonds. The predicted molar refractivity (Wildman–Crippen MR) is 127 cm³/mol. The Morgan fingerprint density at radius 2 is 1.62 bits per heavy atom. The Hall–Kier alpha value is -3.19. The van der Waals surface area contributed by atoms with Gasteiger partial charge in [0.25, 0.3) is 0 Å². The molecule has 7 nitrogen and oxygen atoms in total. The fourth-order valence-electron chi connectivity index (χ4n) is 3.22. The standard InChI is InChI=1S/C25H34N2O5/c1-27(16-13-19-7-10-23(31-4)24(17-19)32-5)15-6-14-26-25(28)12-8-20-18-21(29-2)9-11-22(20)30-3/h7-12,17-18H,6,13-16H2,1-5H3,(H,26,28)/b12-8+. The van der Waals surface area contributed by atoms with Crippen molar-refractivity contribution < 1.29 is 23.7 Å². The van der Waals surface area contributed by atoms with Crippen molar-refractivity contribution >= 4 is 12.0 Å². The van der Waals surface area contributed by atoms with E-state index in [1.165, 1.54) is 11.6 Å². The maximum atomic E-state index is 12.1. The van der Waals surface area contributed by atoms with E-state index in [-0.39, 0.29) is 5.91 Å². The highest BCUT2D eigenvalue weighted by molar-refractivity contribution is 5.92. The van der Waals surface area contributed by atoms with E-state index in [1.807, 2.05) is 30.3 Å². The van der Waals surface area contributed by atoms with E-state index in [0.29, 0.717) is 18.0 Å². The van der Waals surface area contributed by atoms with E-state index in [4.69, 9.17) is 18.9 Å². The van der Waals surface area contributed by atoms with Gasteiger partial charge in [0, 0.05) is 24.7 Å². The molecule has 1 N–H and O–H groups in total. The van der Waals surface area contributed by atoms with E-state index >= 15 is 0 Å². The van der Waals surface area contributed by atoms with Gasteiger partial charge in [0.2, 0.25) is 5.91 Å². The molecule has 0 bridgehead atoms. The third kappa shape index (κ3) is 7.81.